The standard InChI is InChI=1S/C22H22ClN5OS/c1-2-19(20-9-10-25-22(27-20)28-30-18-7-8-18)21(29)26-17-5-3-14(4-6-17)15-11-16(23)13-24-12-15/h3-6,9-13,18-19H,2,7-8H2,1H3,(H,26,29)(H,25,27,28). The number of amides is 1. The Morgan fingerprint density at radius 2 is 2.00 bits per heavy atom. The highest BCUT2D eigenvalue weighted by molar-refractivity contribution is 8.01. The smallest absolute Gasteiger partial charge is 0.233 e. The number of carbonyl (C=O) groups excluding carboxylic acids is 1. The van der Waals surface area contributed by atoms with Gasteiger partial charge in [0.1, 0.15) is 0 Å². The van der Waals surface area contributed by atoms with Crippen LogP contribution in [0, 0.1) is 0 Å². The van der Waals surface area contributed by atoms with Crippen LogP contribution in [0.5, 0.6) is 0 Å². The maximum Gasteiger partial charge on any atom is 0.233 e. The number of nitrogens with zero attached hydrogens (tertiary/aromatic N) is 3. The highest BCUT2D eigenvalue weighted by Gasteiger charge is 2.24. The fraction of sp³-hybridized carbons (Fsp3) is 0.273. The van der Waals surface area contributed by atoms with E-state index in [0.717, 1.165) is 16.8 Å². The Hall–Kier alpha value is -2.64. The van der Waals surface area contributed by atoms with Gasteiger partial charge in [0, 0.05) is 35.1 Å². The van der Waals surface area contributed by atoms with Crippen molar-refractivity contribution in [2.24, 2.45) is 0 Å². The van der Waals surface area contributed by atoms with Crippen LogP contribution in [0.4, 0.5) is 11.6 Å². The molecule has 0 saturated heterocycles. The van der Waals surface area contributed by atoms with Crippen LogP contribution < -0.4 is 10.0 Å². The number of pyridine rings is 1. The second-order valence-corrected chi connectivity index (χ2v) is 8.69. The Labute approximate surface area is 185 Å². The Morgan fingerprint density at radius 1 is 1.20 bits per heavy atom. The SMILES string of the molecule is CCC(C(=O)Nc1ccc(-c2cncc(Cl)c2)cc1)c1ccnc(NSC2CC2)n1. The van der Waals surface area contributed by atoms with Crippen molar-refractivity contribution >= 4 is 41.1 Å². The van der Waals surface area contributed by atoms with Gasteiger partial charge in [-0.15, -0.1) is 0 Å². The number of halogens is 1. The average molecular weight is 440 g/mol. The second kappa shape index (κ2) is 9.45. The zero-order chi connectivity index (χ0) is 20.9. The molecule has 0 spiro atoms. The molecule has 1 fully saturated rings. The van der Waals surface area contributed by atoms with Crippen molar-refractivity contribution in [2.45, 2.75) is 37.4 Å². The van der Waals surface area contributed by atoms with Gasteiger partial charge in [0.25, 0.3) is 0 Å². The molecule has 0 radical (unpaired) electrons. The third kappa shape index (κ3) is 5.29. The number of aromatic nitrogens is 3. The van der Waals surface area contributed by atoms with E-state index in [1.165, 1.54) is 12.8 Å². The van der Waals surface area contributed by atoms with E-state index in [-0.39, 0.29) is 11.8 Å². The predicted molar refractivity (Wildman–Crippen MR) is 123 cm³/mol. The number of hydrogen-bond acceptors (Lipinski definition) is 6. The van der Waals surface area contributed by atoms with Crippen molar-refractivity contribution in [1.29, 1.82) is 0 Å². The van der Waals surface area contributed by atoms with Crippen LogP contribution in [-0.2, 0) is 4.79 Å². The summed E-state index contributed by atoms with van der Waals surface area (Å²) < 4.78 is 3.19. The molecule has 8 heteroatoms. The van der Waals surface area contributed by atoms with E-state index < -0.39 is 0 Å². The molecule has 2 aromatic heterocycles. The molecule has 30 heavy (non-hydrogen) atoms. The first-order valence-electron chi connectivity index (χ1n) is 9.89. The van der Waals surface area contributed by atoms with E-state index in [1.807, 2.05) is 37.3 Å². The lowest BCUT2D eigenvalue weighted by Crippen LogP contribution is -2.21. The van der Waals surface area contributed by atoms with Gasteiger partial charge in [-0.3, -0.25) is 14.5 Å². The molecule has 3 aromatic rings. The first-order chi connectivity index (χ1) is 14.6. The van der Waals surface area contributed by atoms with E-state index in [9.17, 15) is 4.79 Å². The fourth-order valence-corrected chi connectivity index (χ4v) is 3.93. The van der Waals surface area contributed by atoms with Crippen LogP contribution in [0.2, 0.25) is 5.02 Å². The summed E-state index contributed by atoms with van der Waals surface area (Å²) in [5, 5.41) is 4.23. The molecule has 2 N–H and O–H groups in total. The Bertz CT molecular complexity index is 1030. The van der Waals surface area contributed by atoms with Crippen LogP contribution >= 0.6 is 23.5 Å². The molecule has 154 valence electrons. The molecule has 1 aliphatic carbocycles. The first-order valence-corrected chi connectivity index (χ1v) is 11.1. The second-order valence-electron chi connectivity index (χ2n) is 7.14. The van der Waals surface area contributed by atoms with Crippen molar-refractivity contribution in [1.82, 2.24) is 15.0 Å². The summed E-state index contributed by atoms with van der Waals surface area (Å²) in [6.45, 7) is 1.98. The molecule has 0 aliphatic heterocycles. The number of nitrogens with one attached hydrogen (secondary N) is 2. The molecule has 1 unspecified atom stereocenters. The maximum atomic E-state index is 12.9. The van der Waals surface area contributed by atoms with Crippen molar-refractivity contribution < 1.29 is 4.79 Å². The molecule has 1 amide bonds. The third-order valence-electron chi connectivity index (χ3n) is 4.79. The molecule has 6 nitrogen and oxygen atoms in total. The first kappa shape index (κ1) is 20.6. The van der Waals surface area contributed by atoms with Crippen LogP contribution in [0.15, 0.2) is 55.0 Å². The van der Waals surface area contributed by atoms with Gasteiger partial charge in [0.2, 0.25) is 11.9 Å². The monoisotopic (exact) mass is 439 g/mol. The predicted octanol–water partition coefficient (Wildman–Crippen LogP) is 5.55. The average Bonchev–Trinajstić information content (AvgIpc) is 3.58. The third-order valence-corrected chi connectivity index (χ3v) is 6.10. The van der Waals surface area contributed by atoms with Gasteiger partial charge in [-0.1, -0.05) is 30.7 Å². The maximum absolute atomic E-state index is 12.9. The van der Waals surface area contributed by atoms with Crippen molar-refractivity contribution in [2.75, 3.05) is 10.0 Å². The highest BCUT2D eigenvalue weighted by Crippen LogP contribution is 2.34. The van der Waals surface area contributed by atoms with Crippen LogP contribution in [0.1, 0.15) is 37.8 Å². The topological polar surface area (TPSA) is 79.8 Å². The molecule has 0 bridgehead atoms. The Morgan fingerprint density at radius 3 is 2.70 bits per heavy atom. The number of rotatable bonds is 8. The summed E-state index contributed by atoms with van der Waals surface area (Å²) in [6, 6.07) is 11.3. The molecule has 2 heterocycles. The molecule has 1 aliphatic rings. The zero-order valence-corrected chi connectivity index (χ0v) is 18.1. The van der Waals surface area contributed by atoms with Crippen LogP contribution in [0.3, 0.4) is 0 Å². The van der Waals surface area contributed by atoms with E-state index in [1.54, 1.807) is 36.6 Å². The largest absolute Gasteiger partial charge is 0.326 e. The lowest BCUT2D eigenvalue weighted by Gasteiger charge is -2.15. The molecule has 1 aromatic carbocycles. The molecule has 1 atom stereocenters. The van der Waals surface area contributed by atoms with Crippen molar-refractivity contribution in [3.05, 3.63) is 65.7 Å². The highest BCUT2D eigenvalue weighted by atomic mass is 35.5. The lowest BCUT2D eigenvalue weighted by molar-refractivity contribution is -0.117. The van der Waals surface area contributed by atoms with Gasteiger partial charge < -0.3 is 5.32 Å². The number of hydrogen-bond donors (Lipinski definition) is 2. The normalized spacial score (nSPS) is 14.2. The summed E-state index contributed by atoms with van der Waals surface area (Å²) >= 11 is 7.66. The van der Waals surface area contributed by atoms with Crippen molar-refractivity contribution in [3.8, 4) is 11.1 Å². The minimum absolute atomic E-state index is 0.0887. The molecule has 4 rings (SSSR count). The van der Waals surface area contributed by atoms with Crippen LogP contribution in [-0.4, -0.2) is 26.1 Å². The molecular weight excluding hydrogens is 418 g/mol. The molecule has 1 saturated carbocycles. The fourth-order valence-electron chi connectivity index (χ4n) is 3.01. The minimum atomic E-state index is -0.351. The zero-order valence-electron chi connectivity index (χ0n) is 16.5. The Balaban J connectivity index is 1.43. The van der Waals surface area contributed by atoms with Gasteiger partial charge in [0.15, 0.2) is 0 Å². The van der Waals surface area contributed by atoms with E-state index >= 15 is 0 Å². The Kier molecular flexibility index (Phi) is 6.50. The van der Waals surface area contributed by atoms with E-state index in [0.29, 0.717) is 28.3 Å². The van der Waals surface area contributed by atoms with Gasteiger partial charge in [0.05, 0.1) is 16.6 Å². The summed E-state index contributed by atoms with van der Waals surface area (Å²) in [4.78, 5) is 25.8. The van der Waals surface area contributed by atoms with Gasteiger partial charge in [-0.05, 0) is 61.0 Å². The summed E-state index contributed by atoms with van der Waals surface area (Å²) in [5.74, 6) is 0.112. The van der Waals surface area contributed by atoms with Gasteiger partial charge in [-0.2, -0.15) is 0 Å². The number of benzene rings is 1. The van der Waals surface area contributed by atoms with Gasteiger partial charge >= 0.3 is 0 Å². The van der Waals surface area contributed by atoms with Crippen molar-refractivity contribution in [3.63, 3.8) is 0 Å². The summed E-state index contributed by atoms with van der Waals surface area (Å²) in [7, 11) is 0. The quantitative estimate of drug-likeness (QED) is 0.448. The summed E-state index contributed by atoms with van der Waals surface area (Å²) in [6.07, 6.45) is 8.15. The lowest BCUT2D eigenvalue weighted by atomic mass is 10.0. The molecular formula is C22H22ClN5OS. The van der Waals surface area contributed by atoms with E-state index in [4.69, 9.17) is 11.6 Å². The minimum Gasteiger partial charge on any atom is -0.326 e. The van der Waals surface area contributed by atoms with Gasteiger partial charge in [-0.25, -0.2) is 9.97 Å². The van der Waals surface area contributed by atoms with Crippen LogP contribution in [0.25, 0.3) is 11.1 Å². The van der Waals surface area contributed by atoms with E-state index in [2.05, 4.69) is 25.0 Å². The number of carbonyl (C=O) groups is 1. The number of anilines is 2. The summed E-state index contributed by atoms with van der Waals surface area (Å²) in [5.41, 5.74) is 3.35.